The van der Waals surface area contributed by atoms with Crippen LogP contribution < -0.4 is 15.0 Å². The van der Waals surface area contributed by atoms with E-state index in [0.717, 1.165) is 33.9 Å². The van der Waals surface area contributed by atoms with Gasteiger partial charge in [-0.2, -0.15) is 0 Å². The second kappa shape index (κ2) is 9.50. The van der Waals surface area contributed by atoms with Crippen LogP contribution in [-0.4, -0.2) is 16.7 Å². The molecule has 0 saturated carbocycles. The predicted molar refractivity (Wildman–Crippen MR) is 161 cm³/mol. The van der Waals surface area contributed by atoms with Crippen LogP contribution in [0.25, 0.3) is 11.1 Å². The van der Waals surface area contributed by atoms with Crippen LogP contribution in [0.3, 0.4) is 0 Å². The molecule has 2 aliphatic heterocycles. The van der Waals surface area contributed by atoms with Gasteiger partial charge in [-0.1, -0.05) is 91.0 Å². The average Bonchev–Trinajstić information content (AvgIpc) is 3.46. The minimum atomic E-state index is -0.564. The van der Waals surface area contributed by atoms with E-state index in [2.05, 4.69) is 28.4 Å². The van der Waals surface area contributed by atoms with Crippen LogP contribution in [0.5, 0.6) is 11.5 Å². The first-order valence-electron chi connectivity index (χ1n) is 13.4. The molecule has 3 heterocycles. The van der Waals surface area contributed by atoms with Crippen molar-refractivity contribution in [1.82, 2.24) is 10.3 Å². The number of nitrogens with one attached hydrogen (secondary N) is 1. The van der Waals surface area contributed by atoms with Gasteiger partial charge in [-0.05, 0) is 30.3 Å². The number of aliphatic imine (C=N–C) groups is 2. The molecule has 1 aromatic heterocycles. The molecule has 2 aliphatic rings. The summed E-state index contributed by atoms with van der Waals surface area (Å²) in [4.78, 5) is 16.8. The standard InChI is InChI=1S/C34H23N5O2/c1-4-12-22(13-5-1)31-36-32(23-14-6-2-7-15-23)38-33(37-31)34-35-25-20-27-30(21-29(25)41-34)40-28-19-11-10-18-26(28)39(27)24-16-8-3-9-17-24/h1-21,33H,(H,36,37,38). The largest absolute Gasteiger partial charge is 0.453 e. The van der Waals surface area contributed by atoms with Gasteiger partial charge < -0.3 is 19.4 Å². The zero-order valence-electron chi connectivity index (χ0n) is 21.8. The molecule has 0 amide bonds. The van der Waals surface area contributed by atoms with Crippen LogP contribution >= 0.6 is 0 Å². The van der Waals surface area contributed by atoms with Crippen LogP contribution in [0.2, 0.25) is 0 Å². The maximum Gasteiger partial charge on any atom is 0.241 e. The molecule has 0 fully saturated rings. The molecule has 0 spiro atoms. The van der Waals surface area contributed by atoms with Crippen molar-refractivity contribution < 1.29 is 9.15 Å². The number of anilines is 3. The number of amidine groups is 2. The van der Waals surface area contributed by atoms with Crippen molar-refractivity contribution in [2.45, 2.75) is 6.17 Å². The van der Waals surface area contributed by atoms with Crippen molar-refractivity contribution in [3.05, 3.63) is 144 Å². The summed E-state index contributed by atoms with van der Waals surface area (Å²) in [6.45, 7) is 0. The Morgan fingerprint density at radius 2 is 1.34 bits per heavy atom. The molecular weight excluding hydrogens is 510 g/mol. The Morgan fingerprint density at radius 3 is 2.12 bits per heavy atom. The Morgan fingerprint density at radius 1 is 0.659 bits per heavy atom. The molecule has 0 radical (unpaired) electrons. The first-order valence-corrected chi connectivity index (χ1v) is 13.4. The molecule has 1 atom stereocenters. The van der Waals surface area contributed by atoms with E-state index in [4.69, 9.17) is 24.1 Å². The van der Waals surface area contributed by atoms with Crippen molar-refractivity contribution in [3.63, 3.8) is 0 Å². The molecule has 1 N–H and O–H groups in total. The van der Waals surface area contributed by atoms with Crippen LogP contribution in [0, 0.1) is 0 Å². The molecule has 8 rings (SSSR count). The number of hydrogen-bond acceptors (Lipinski definition) is 7. The maximum atomic E-state index is 6.35. The third-order valence-corrected chi connectivity index (χ3v) is 7.12. The summed E-state index contributed by atoms with van der Waals surface area (Å²) in [6.07, 6.45) is -0.564. The number of para-hydroxylation sites is 3. The van der Waals surface area contributed by atoms with Crippen LogP contribution in [0.1, 0.15) is 23.2 Å². The highest BCUT2D eigenvalue weighted by Crippen LogP contribution is 2.51. The molecule has 1 unspecified atom stereocenters. The molecule has 0 bridgehead atoms. The Balaban J connectivity index is 1.24. The first-order chi connectivity index (χ1) is 20.3. The van der Waals surface area contributed by atoms with Crippen molar-refractivity contribution in [2.24, 2.45) is 9.98 Å². The lowest BCUT2D eigenvalue weighted by Gasteiger charge is -2.32. The van der Waals surface area contributed by atoms with Crippen LogP contribution in [0.4, 0.5) is 17.1 Å². The second-order valence-corrected chi connectivity index (χ2v) is 9.77. The Kier molecular flexibility index (Phi) is 5.38. The SMILES string of the molecule is c1ccc(C2=NC(c3nc4cc5c(cc4o3)Oc3ccccc3N5c3ccccc3)NC(c3ccccc3)=N2)cc1. The lowest BCUT2D eigenvalue weighted by atomic mass is 10.1. The summed E-state index contributed by atoms with van der Waals surface area (Å²) in [5.41, 5.74) is 6.09. The monoisotopic (exact) mass is 533 g/mol. The number of fused-ring (bicyclic) bond motifs is 3. The van der Waals surface area contributed by atoms with Gasteiger partial charge in [0.05, 0.1) is 11.4 Å². The molecule has 0 saturated heterocycles. The second-order valence-electron chi connectivity index (χ2n) is 9.77. The molecule has 7 heteroatoms. The van der Waals surface area contributed by atoms with Crippen molar-refractivity contribution in [2.75, 3.05) is 4.90 Å². The fourth-order valence-corrected chi connectivity index (χ4v) is 5.21. The highest BCUT2D eigenvalue weighted by Gasteiger charge is 2.29. The van der Waals surface area contributed by atoms with E-state index in [1.165, 1.54) is 0 Å². The number of benzene rings is 5. The quantitative estimate of drug-likeness (QED) is 0.249. The van der Waals surface area contributed by atoms with Crippen LogP contribution in [0.15, 0.2) is 142 Å². The summed E-state index contributed by atoms with van der Waals surface area (Å²) in [7, 11) is 0. The Bertz CT molecular complexity index is 1950. The molecular formula is C34H23N5O2. The lowest BCUT2D eigenvalue weighted by molar-refractivity contribution is 0.455. The van der Waals surface area contributed by atoms with Gasteiger partial charge in [0.25, 0.3) is 0 Å². The highest BCUT2D eigenvalue weighted by atomic mass is 16.5. The van der Waals surface area contributed by atoms with Crippen LogP contribution in [-0.2, 0) is 0 Å². The number of aromatic nitrogens is 1. The number of hydrogen-bond donors (Lipinski definition) is 1. The normalized spacial score (nSPS) is 15.7. The minimum Gasteiger partial charge on any atom is -0.453 e. The smallest absolute Gasteiger partial charge is 0.241 e. The number of rotatable bonds is 4. The summed E-state index contributed by atoms with van der Waals surface area (Å²) in [5.74, 6) is 3.24. The van der Waals surface area contributed by atoms with Gasteiger partial charge in [0, 0.05) is 22.9 Å². The van der Waals surface area contributed by atoms with E-state index in [1.807, 2.05) is 109 Å². The Hall–Kier alpha value is -5.69. The predicted octanol–water partition coefficient (Wildman–Crippen LogP) is 7.90. The fourth-order valence-electron chi connectivity index (χ4n) is 5.21. The van der Waals surface area contributed by atoms with Gasteiger partial charge >= 0.3 is 0 Å². The van der Waals surface area contributed by atoms with E-state index in [9.17, 15) is 0 Å². The van der Waals surface area contributed by atoms with Crippen molar-refractivity contribution >= 4 is 39.8 Å². The first kappa shape index (κ1) is 23.2. The van der Waals surface area contributed by atoms with E-state index >= 15 is 0 Å². The third-order valence-electron chi connectivity index (χ3n) is 7.12. The zero-order chi connectivity index (χ0) is 27.2. The highest BCUT2D eigenvalue weighted by molar-refractivity contribution is 6.13. The average molecular weight is 534 g/mol. The number of nitrogens with zero attached hydrogens (tertiary/aromatic N) is 4. The van der Waals surface area contributed by atoms with E-state index in [0.29, 0.717) is 34.4 Å². The molecule has 7 nitrogen and oxygen atoms in total. The van der Waals surface area contributed by atoms with E-state index in [1.54, 1.807) is 0 Å². The topological polar surface area (TPSA) is 75.2 Å². The van der Waals surface area contributed by atoms with Gasteiger partial charge in [-0.25, -0.2) is 15.0 Å². The van der Waals surface area contributed by atoms with Gasteiger partial charge in [0.15, 0.2) is 29.1 Å². The summed E-state index contributed by atoms with van der Waals surface area (Å²) in [6, 6.07) is 42.1. The Labute approximate surface area is 236 Å². The molecule has 6 aromatic rings. The van der Waals surface area contributed by atoms with E-state index in [-0.39, 0.29) is 0 Å². The third kappa shape index (κ3) is 4.11. The lowest BCUT2D eigenvalue weighted by Crippen LogP contribution is -2.33. The molecule has 196 valence electrons. The van der Waals surface area contributed by atoms with Gasteiger partial charge in [0.2, 0.25) is 5.89 Å². The fraction of sp³-hybridized carbons (Fsp3) is 0.0294. The maximum absolute atomic E-state index is 6.35. The van der Waals surface area contributed by atoms with Gasteiger partial charge in [-0.3, -0.25) is 0 Å². The van der Waals surface area contributed by atoms with Crippen molar-refractivity contribution in [1.29, 1.82) is 0 Å². The number of oxazole rings is 1. The van der Waals surface area contributed by atoms with Gasteiger partial charge in [0.1, 0.15) is 11.4 Å². The number of ether oxygens (including phenoxy) is 1. The summed E-state index contributed by atoms with van der Waals surface area (Å²) < 4.78 is 12.7. The van der Waals surface area contributed by atoms with Gasteiger partial charge in [-0.15, -0.1) is 0 Å². The minimum absolute atomic E-state index is 0.447. The zero-order valence-corrected chi connectivity index (χ0v) is 21.8. The molecule has 41 heavy (non-hydrogen) atoms. The summed E-state index contributed by atoms with van der Waals surface area (Å²) >= 11 is 0. The molecule has 5 aromatic carbocycles. The van der Waals surface area contributed by atoms with E-state index < -0.39 is 6.17 Å². The van der Waals surface area contributed by atoms with Crippen molar-refractivity contribution in [3.8, 4) is 11.5 Å². The summed E-state index contributed by atoms with van der Waals surface area (Å²) in [5, 5.41) is 3.43. The molecule has 0 aliphatic carbocycles.